The standard InChI is InChI=1S/C16H15Br2NO2/c1-2-11-5-3-4-6-15(11)21-10-16(20)19-14-8-7-12(17)9-13(14)18/h3-9H,2,10H2,1H3,(H,19,20). The third-order valence-electron chi connectivity index (χ3n) is 2.92. The minimum atomic E-state index is -0.191. The summed E-state index contributed by atoms with van der Waals surface area (Å²) in [6.07, 6.45) is 0.871. The summed E-state index contributed by atoms with van der Waals surface area (Å²) >= 11 is 6.78. The molecule has 0 saturated heterocycles. The molecule has 2 rings (SSSR count). The number of benzene rings is 2. The number of carbonyl (C=O) groups excluding carboxylic acids is 1. The van der Waals surface area contributed by atoms with Crippen molar-refractivity contribution < 1.29 is 9.53 Å². The molecule has 1 amide bonds. The average Bonchev–Trinajstić information content (AvgIpc) is 2.48. The van der Waals surface area contributed by atoms with E-state index in [-0.39, 0.29) is 12.5 Å². The maximum atomic E-state index is 12.0. The van der Waals surface area contributed by atoms with Crippen molar-refractivity contribution in [3.8, 4) is 5.75 Å². The van der Waals surface area contributed by atoms with Crippen molar-refractivity contribution in [2.24, 2.45) is 0 Å². The number of hydrogen-bond donors (Lipinski definition) is 1. The van der Waals surface area contributed by atoms with Crippen LogP contribution >= 0.6 is 31.9 Å². The van der Waals surface area contributed by atoms with Crippen molar-refractivity contribution in [3.05, 3.63) is 57.0 Å². The highest BCUT2D eigenvalue weighted by Gasteiger charge is 2.08. The molecular weight excluding hydrogens is 398 g/mol. The lowest BCUT2D eigenvalue weighted by atomic mass is 10.1. The molecule has 3 nitrogen and oxygen atoms in total. The number of hydrogen-bond acceptors (Lipinski definition) is 2. The Labute approximate surface area is 141 Å². The van der Waals surface area contributed by atoms with Crippen LogP contribution in [0.3, 0.4) is 0 Å². The summed E-state index contributed by atoms with van der Waals surface area (Å²) in [4.78, 5) is 12.0. The lowest BCUT2D eigenvalue weighted by Crippen LogP contribution is -2.20. The molecule has 110 valence electrons. The maximum absolute atomic E-state index is 12.0. The van der Waals surface area contributed by atoms with Gasteiger partial charge in [-0.05, 0) is 52.2 Å². The van der Waals surface area contributed by atoms with Gasteiger partial charge in [0.2, 0.25) is 0 Å². The number of amides is 1. The lowest BCUT2D eigenvalue weighted by Gasteiger charge is -2.11. The van der Waals surface area contributed by atoms with Crippen LogP contribution in [-0.4, -0.2) is 12.5 Å². The SMILES string of the molecule is CCc1ccccc1OCC(=O)Nc1ccc(Br)cc1Br. The van der Waals surface area contributed by atoms with Gasteiger partial charge in [-0.2, -0.15) is 0 Å². The molecule has 0 aliphatic heterocycles. The molecule has 2 aromatic rings. The van der Waals surface area contributed by atoms with Gasteiger partial charge in [0, 0.05) is 8.95 Å². The van der Waals surface area contributed by atoms with Gasteiger partial charge in [-0.15, -0.1) is 0 Å². The van der Waals surface area contributed by atoms with Gasteiger partial charge >= 0.3 is 0 Å². The summed E-state index contributed by atoms with van der Waals surface area (Å²) in [6, 6.07) is 13.3. The zero-order valence-electron chi connectivity index (χ0n) is 11.5. The molecule has 0 bridgehead atoms. The van der Waals surface area contributed by atoms with E-state index in [2.05, 4.69) is 44.1 Å². The second kappa shape index (κ2) is 7.61. The molecule has 0 saturated carbocycles. The highest BCUT2D eigenvalue weighted by atomic mass is 79.9. The number of halogens is 2. The number of aryl methyl sites for hydroxylation is 1. The van der Waals surface area contributed by atoms with Crippen LogP contribution in [-0.2, 0) is 11.2 Å². The molecule has 0 aliphatic carbocycles. The molecular formula is C16H15Br2NO2. The van der Waals surface area contributed by atoms with Gasteiger partial charge in [0.15, 0.2) is 6.61 Å². The Morgan fingerprint density at radius 1 is 1.19 bits per heavy atom. The van der Waals surface area contributed by atoms with Crippen molar-refractivity contribution in [2.75, 3.05) is 11.9 Å². The number of rotatable bonds is 5. The summed E-state index contributed by atoms with van der Waals surface area (Å²) in [7, 11) is 0. The van der Waals surface area contributed by atoms with Crippen molar-refractivity contribution in [1.82, 2.24) is 0 Å². The molecule has 0 fully saturated rings. The molecule has 1 N–H and O–H groups in total. The second-order valence-electron chi connectivity index (χ2n) is 4.42. The number of ether oxygens (including phenoxy) is 1. The number of nitrogens with one attached hydrogen (secondary N) is 1. The Balaban J connectivity index is 1.96. The predicted molar refractivity (Wildman–Crippen MR) is 91.8 cm³/mol. The van der Waals surface area contributed by atoms with Gasteiger partial charge in [-0.3, -0.25) is 4.79 Å². The first-order valence-electron chi connectivity index (χ1n) is 6.55. The van der Waals surface area contributed by atoms with E-state index >= 15 is 0 Å². The summed E-state index contributed by atoms with van der Waals surface area (Å²) in [6.45, 7) is 2.04. The van der Waals surface area contributed by atoms with Crippen LogP contribution in [0, 0.1) is 0 Å². The minimum absolute atomic E-state index is 0.0144. The quantitative estimate of drug-likeness (QED) is 0.766. The van der Waals surface area contributed by atoms with E-state index in [4.69, 9.17) is 4.74 Å². The van der Waals surface area contributed by atoms with Gasteiger partial charge in [-0.25, -0.2) is 0 Å². The van der Waals surface area contributed by atoms with E-state index in [1.165, 1.54) is 0 Å². The average molecular weight is 413 g/mol. The van der Waals surface area contributed by atoms with E-state index in [1.54, 1.807) is 0 Å². The molecule has 0 atom stereocenters. The fourth-order valence-corrected chi connectivity index (χ4v) is 3.00. The van der Waals surface area contributed by atoms with Crippen LogP contribution < -0.4 is 10.1 Å². The highest BCUT2D eigenvalue weighted by molar-refractivity contribution is 9.11. The molecule has 21 heavy (non-hydrogen) atoms. The third-order valence-corrected chi connectivity index (χ3v) is 4.07. The molecule has 0 unspecified atom stereocenters. The molecule has 5 heteroatoms. The summed E-state index contributed by atoms with van der Waals surface area (Å²) in [5, 5.41) is 2.81. The smallest absolute Gasteiger partial charge is 0.262 e. The van der Waals surface area contributed by atoms with Crippen LogP contribution in [0.15, 0.2) is 51.4 Å². The molecule has 0 radical (unpaired) electrons. The Hall–Kier alpha value is -1.33. The van der Waals surface area contributed by atoms with Crippen LogP contribution in [0.25, 0.3) is 0 Å². The van der Waals surface area contributed by atoms with E-state index in [0.29, 0.717) is 0 Å². The first-order valence-corrected chi connectivity index (χ1v) is 8.14. The van der Waals surface area contributed by atoms with Gasteiger partial charge in [0.1, 0.15) is 5.75 Å². The first-order chi connectivity index (χ1) is 10.1. The van der Waals surface area contributed by atoms with Crippen molar-refractivity contribution >= 4 is 43.5 Å². The van der Waals surface area contributed by atoms with Crippen LogP contribution in [0.2, 0.25) is 0 Å². The fourth-order valence-electron chi connectivity index (χ4n) is 1.86. The maximum Gasteiger partial charge on any atom is 0.262 e. The van der Waals surface area contributed by atoms with Crippen LogP contribution in [0.4, 0.5) is 5.69 Å². The summed E-state index contributed by atoms with van der Waals surface area (Å²) < 4.78 is 7.35. The molecule has 0 aromatic heterocycles. The summed E-state index contributed by atoms with van der Waals surface area (Å²) in [5.41, 5.74) is 1.81. The Morgan fingerprint density at radius 2 is 1.95 bits per heavy atom. The second-order valence-corrected chi connectivity index (χ2v) is 6.19. The Bertz CT molecular complexity index is 644. The Kier molecular flexibility index (Phi) is 5.82. The fraction of sp³-hybridized carbons (Fsp3) is 0.188. The molecule has 2 aromatic carbocycles. The molecule has 0 spiro atoms. The monoisotopic (exact) mass is 411 g/mol. The van der Waals surface area contributed by atoms with Crippen LogP contribution in [0.5, 0.6) is 5.75 Å². The van der Waals surface area contributed by atoms with E-state index in [9.17, 15) is 4.79 Å². The zero-order chi connectivity index (χ0) is 15.2. The topological polar surface area (TPSA) is 38.3 Å². The van der Waals surface area contributed by atoms with Crippen LogP contribution in [0.1, 0.15) is 12.5 Å². The normalized spacial score (nSPS) is 10.2. The summed E-state index contributed by atoms with van der Waals surface area (Å²) in [5.74, 6) is 0.564. The molecule has 0 aliphatic rings. The van der Waals surface area contributed by atoms with Gasteiger partial charge in [-0.1, -0.05) is 41.1 Å². The largest absolute Gasteiger partial charge is 0.483 e. The van der Waals surface area contributed by atoms with E-state index < -0.39 is 0 Å². The van der Waals surface area contributed by atoms with E-state index in [0.717, 1.165) is 32.4 Å². The van der Waals surface area contributed by atoms with Crippen molar-refractivity contribution in [2.45, 2.75) is 13.3 Å². The Morgan fingerprint density at radius 3 is 2.67 bits per heavy atom. The lowest BCUT2D eigenvalue weighted by molar-refractivity contribution is -0.118. The van der Waals surface area contributed by atoms with Gasteiger partial charge < -0.3 is 10.1 Å². The highest BCUT2D eigenvalue weighted by Crippen LogP contribution is 2.26. The van der Waals surface area contributed by atoms with Crippen molar-refractivity contribution in [3.63, 3.8) is 0 Å². The molecule has 0 heterocycles. The van der Waals surface area contributed by atoms with Gasteiger partial charge in [0.05, 0.1) is 5.69 Å². The van der Waals surface area contributed by atoms with Crippen molar-refractivity contribution in [1.29, 1.82) is 0 Å². The number of para-hydroxylation sites is 1. The minimum Gasteiger partial charge on any atom is -0.483 e. The van der Waals surface area contributed by atoms with Gasteiger partial charge in [0.25, 0.3) is 5.91 Å². The number of carbonyl (C=O) groups is 1. The first kappa shape index (κ1) is 16.0. The predicted octanol–water partition coefficient (Wildman–Crippen LogP) is 4.79. The number of anilines is 1. The zero-order valence-corrected chi connectivity index (χ0v) is 14.7. The third kappa shape index (κ3) is 4.58. The van der Waals surface area contributed by atoms with E-state index in [1.807, 2.05) is 42.5 Å².